The van der Waals surface area contributed by atoms with E-state index in [1.54, 1.807) is 13.0 Å². The summed E-state index contributed by atoms with van der Waals surface area (Å²) >= 11 is 9.50. The molecule has 11 heteroatoms. The minimum Gasteiger partial charge on any atom is -0.495 e. The highest BCUT2D eigenvalue weighted by Gasteiger charge is 2.32. The van der Waals surface area contributed by atoms with Crippen LogP contribution in [0.4, 0.5) is 5.69 Å². The summed E-state index contributed by atoms with van der Waals surface area (Å²) in [6.45, 7) is 6.71. The summed E-state index contributed by atoms with van der Waals surface area (Å²) in [5.74, 6) is -0.670. The van der Waals surface area contributed by atoms with Crippen molar-refractivity contribution in [1.82, 2.24) is 10.2 Å². The molecule has 35 heavy (non-hydrogen) atoms. The van der Waals surface area contributed by atoms with E-state index in [4.69, 9.17) is 16.3 Å². The van der Waals surface area contributed by atoms with Crippen LogP contribution in [-0.4, -0.2) is 56.6 Å². The molecule has 2 aromatic carbocycles. The van der Waals surface area contributed by atoms with Crippen LogP contribution < -0.4 is 14.4 Å². The first-order chi connectivity index (χ1) is 16.1. The van der Waals surface area contributed by atoms with Crippen LogP contribution in [0.5, 0.6) is 5.75 Å². The number of methoxy groups -OCH3 is 1. The van der Waals surface area contributed by atoms with Crippen molar-refractivity contribution in [2.75, 3.05) is 24.2 Å². The molecule has 0 aliphatic heterocycles. The van der Waals surface area contributed by atoms with E-state index in [0.717, 1.165) is 20.6 Å². The smallest absolute Gasteiger partial charge is 0.244 e. The van der Waals surface area contributed by atoms with Crippen LogP contribution in [0.15, 0.2) is 46.9 Å². The number of amides is 2. The van der Waals surface area contributed by atoms with E-state index in [2.05, 4.69) is 21.2 Å². The molecule has 1 unspecified atom stereocenters. The first kappa shape index (κ1) is 28.9. The van der Waals surface area contributed by atoms with E-state index in [9.17, 15) is 18.0 Å². The lowest BCUT2D eigenvalue weighted by Crippen LogP contribution is -2.54. The highest BCUT2D eigenvalue weighted by molar-refractivity contribution is 9.10. The van der Waals surface area contributed by atoms with Crippen molar-refractivity contribution in [3.63, 3.8) is 0 Å². The van der Waals surface area contributed by atoms with Crippen molar-refractivity contribution >= 4 is 55.1 Å². The first-order valence-electron chi connectivity index (χ1n) is 10.8. The van der Waals surface area contributed by atoms with E-state index in [0.29, 0.717) is 0 Å². The maximum absolute atomic E-state index is 13.6. The largest absolute Gasteiger partial charge is 0.495 e. The van der Waals surface area contributed by atoms with E-state index in [1.807, 2.05) is 45.0 Å². The average molecular weight is 589 g/mol. The van der Waals surface area contributed by atoms with E-state index >= 15 is 0 Å². The first-order valence-corrected chi connectivity index (χ1v) is 13.8. The van der Waals surface area contributed by atoms with Crippen LogP contribution in [0.2, 0.25) is 5.02 Å². The summed E-state index contributed by atoms with van der Waals surface area (Å²) in [6, 6.07) is 11.0. The number of sulfonamides is 1. The molecule has 0 radical (unpaired) electrons. The van der Waals surface area contributed by atoms with Gasteiger partial charge in [-0.3, -0.25) is 13.9 Å². The van der Waals surface area contributed by atoms with Gasteiger partial charge in [0.25, 0.3) is 0 Å². The summed E-state index contributed by atoms with van der Waals surface area (Å²) in [7, 11) is -2.51. The molecular formula is C24H31BrClN3O5S. The van der Waals surface area contributed by atoms with Crippen LogP contribution in [0.1, 0.15) is 33.3 Å². The van der Waals surface area contributed by atoms with Gasteiger partial charge in [-0.15, -0.1) is 0 Å². The number of carbonyl (C=O) groups is 2. The van der Waals surface area contributed by atoms with Gasteiger partial charge in [0.2, 0.25) is 21.8 Å². The molecule has 0 bridgehead atoms. The molecule has 2 aromatic rings. The molecule has 192 valence electrons. The third-order valence-corrected chi connectivity index (χ3v) is 6.91. The Balaban J connectivity index is 2.47. The molecule has 0 aromatic heterocycles. The Bertz CT molecular complexity index is 1170. The number of benzene rings is 2. The minimum atomic E-state index is -3.91. The lowest BCUT2D eigenvalue weighted by Gasteiger charge is -2.33. The van der Waals surface area contributed by atoms with Gasteiger partial charge < -0.3 is 15.0 Å². The summed E-state index contributed by atoms with van der Waals surface area (Å²) in [5.41, 5.74) is 0.402. The maximum Gasteiger partial charge on any atom is 0.244 e. The van der Waals surface area contributed by atoms with E-state index in [-0.39, 0.29) is 28.9 Å². The molecule has 2 rings (SSSR count). The minimum absolute atomic E-state index is 0.106. The second-order valence-corrected chi connectivity index (χ2v) is 12.4. The second kappa shape index (κ2) is 11.6. The number of anilines is 1. The number of hydrogen-bond acceptors (Lipinski definition) is 5. The Morgan fingerprint density at radius 2 is 1.74 bits per heavy atom. The molecule has 0 fully saturated rings. The fourth-order valence-electron chi connectivity index (χ4n) is 3.30. The lowest BCUT2D eigenvalue weighted by molar-refractivity contribution is -0.140. The zero-order valence-corrected chi connectivity index (χ0v) is 23.8. The number of ether oxygens (including phenoxy) is 1. The Morgan fingerprint density at radius 3 is 2.26 bits per heavy atom. The predicted molar refractivity (Wildman–Crippen MR) is 142 cm³/mol. The van der Waals surface area contributed by atoms with Gasteiger partial charge >= 0.3 is 0 Å². The van der Waals surface area contributed by atoms with Crippen LogP contribution in [0, 0.1) is 0 Å². The highest BCUT2D eigenvalue weighted by atomic mass is 79.9. The SMILES string of the molecule is COc1ccc(Cl)cc1N(CC(=O)N(Cc1ccc(Br)cc1)C(C)C(=O)NC(C)(C)C)S(C)(=O)=O. The standard InChI is InChI=1S/C24H31BrClN3O5S/c1-16(23(31)27-24(2,3)4)28(14-17-7-9-18(25)10-8-17)22(30)15-29(35(6,32)33)20-13-19(26)11-12-21(20)34-5/h7-13,16H,14-15H2,1-6H3,(H,27,31). The van der Waals surface area contributed by atoms with Crippen molar-refractivity contribution < 1.29 is 22.7 Å². The Labute approximate surface area is 220 Å². The van der Waals surface area contributed by atoms with Crippen LogP contribution in [0.25, 0.3) is 0 Å². The van der Waals surface area contributed by atoms with Gasteiger partial charge in [0.1, 0.15) is 18.3 Å². The quantitative estimate of drug-likeness (QED) is 0.474. The van der Waals surface area contributed by atoms with Gasteiger partial charge in [0.05, 0.1) is 19.1 Å². The zero-order valence-electron chi connectivity index (χ0n) is 20.6. The number of halogens is 2. The Hall–Kier alpha value is -2.30. The molecule has 2 amide bonds. The van der Waals surface area contributed by atoms with Crippen LogP contribution in [0.3, 0.4) is 0 Å². The van der Waals surface area contributed by atoms with Crippen molar-refractivity contribution in [3.05, 3.63) is 57.5 Å². The fourth-order valence-corrected chi connectivity index (χ4v) is 4.57. The summed E-state index contributed by atoms with van der Waals surface area (Å²) in [4.78, 5) is 27.9. The van der Waals surface area contributed by atoms with Crippen molar-refractivity contribution in [1.29, 1.82) is 0 Å². The molecule has 0 saturated carbocycles. The number of hydrogen-bond donors (Lipinski definition) is 1. The van der Waals surface area contributed by atoms with Gasteiger partial charge in [0.15, 0.2) is 0 Å². The average Bonchev–Trinajstić information content (AvgIpc) is 2.74. The van der Waals surface area contributed by atoms with Gasteiger partial charge in [-0.2, -0.15) is 0 Å². The molecule has 1 atom stereocenters. The topological polar surface area (TPSA) is 96.0 Å². The number of nitrogens with one attached hydrogen (secondary N) is 1. The summed E-state index contributed by atoms with van der Waals surface area (Å²) in [5, 5.41) is 3.16. The molecule has 8 nitrogen and oxygen atoms in total. The Kier molecular flexibility index (Phi) is 9.61. The van der Waals surface area contributed by atoms with E-state index in [1.165, 1.54) is 24.1 Å². The monoisotopic (exact) mass is 587 g/mol. The molecule has 0 heterocycles. The number of nitrogens with zero attached hydrogens (tertiary/aromatic N) is 2. The molecule has 0 aliphatic rings. The van der Waals surface area contributed by atoms with Crippen molar-refractivity contribution in [3.8, 4) is 5.75 Å². The number of carbonyl (C=O) groups excluding carboxylic acids is 2. The summed E-state index contributed by atoms with van der Waals surface area (Å²) < 4.78 is 32.6. The highest BCUT2D eigenvalue weighted by Crippen LogP contribution is 2.33. The van der Waals surface area contributed by atoms with Crippen molar-refractivity contribution in [2.45, 2.75) is 45.8 Å². The van der Waals surface area contributed by atoms with Crippen molar-refractivity contribution in [2.24, 2.45) is 0 Å². The molecule has 0 saturated heterocycles. The maximum atomic E-state index is 13.6. The van der Waals surface area contributed by atoms with Crippen LogP contribution in [-0.2, 0) is 26.2 Å². The molecule has 0 spiro atoms. The molecule has 0 aliphatic carbocycles. The fraction of sp³-hybridized carbons (Fsp3) is 0.417. The third-order valence-electron chi connectivity index (χ3n) is 5.02. The lowest BCUT2D eigenvalue weighted by atomic mass is 10.1. The molecule has 1 N–H and O–H groups in total. The second-order valence-electron chi connectivity index (χ2n) is 9.15. The van der Waals surface area contributed by atoms with E-state index < -0.39 is 34.1 Å². The van der Waals surface area contributed by atoms with Gasteiger partial charge in [-0.25, -0.2) is 8.42 Å². The van der Waals surface area contributed by atoms with Gasteiger partial charge in [-0.1, -0.05) is 39.7 Å². The zero-order chi connectivity index (χ0) is 26.6. The Morgan fingerprint density at radius 1 is 1.14 bits per heavy atom. The number of rotatable bonds is 9. The third kappa shape index (κ3) is 8.40. The summed E-state index contributed by atoms with van der Waals surface area (Å²) in [6.07, 6.45) is 0.995. The normalized spacial score (nSPS) is 12.6. The van der Waals surface area contributed by atoms with Crippen LogP contribution >= 0.6 is 27.5 Å². The molecular weight excluding hydrogens is 558 g/mol. The van der Waals surface area contributed by atoms with Gasteiger partial charge in [-0.05, 0) is 63.6 Å². The predicted octanol–water partition coefficient (Wildman–Crippen LogP) is 4.21. The van der Waals surface area contributed by atoms with Gasteiger partial charge in [0, 0.05) is 21.6 Å².